The molecule has 86 valence electrons. The van der Waals surface area contributed by atoms with Gasteiger partial charge in [0.2, 0.25) is 0 Å². The van der Waals surface area contributed by atoms with E-state index in [0.717, 1.165) is 12.5 Å². The predicted molar refractivity (Wildman–Crippen MR) is 68.0 cm³/mol. The number of thiocarbonyl (C=S) groups is 1. The van der Waals surface area contributed by atoms with Gasteiger partial charge >= 0.3 is 0 Å². The fourth-order valence-electron chi connectivity index (χ4n) is 2.93. The Morgan fingerprint density at radius 1 is 1.53 bits per heavy atom. The molecule has 0 aromatic carbocycles. The molecule has 2 nitrogen and oxygen atoms in total. The fraction of sp³-hybridized carbons (Fsp3) is 0.917. The summed E-state index contributed by atoms with van der Waals surface area (Å²) in [5.74, 6) is 0. The molecule has 1 saturated heterocycles. The molecule has 2 fully saturated rings. The van der Waals surface area contributed by atoms with Crippen molar-refractivity contribution in [3.8, 4) is 0 Å². The molecular formula is C12H22N2S. The summed E-state index contributed by atoms with van der Waals surface area (Å²) in [4.78, 5) is 3.38. The van der Waals surface area contributed by atoms with Gasteiger partial charge < -0.3 is 5.73 Å². The van der Waals surface area contributed by atoms with Crippen LogP contribution in [0, 0.1) is 5.41 Å². The van der Waals surface area contributed by atoms with Gasteiger partial charge in [-0.25, -0.2) is 0 Å². The lowest BCUT2D eigenvalue weighted by Crippen LogP contribution is -2.35. The Morgan fingerprint density at radius 3 is 2.80 bits per heavy atom. The second-order valence-corrected chi connectivity index (χ2v) is 5.84. The molecule has 0 bridgehead atoms. The average Bonchev–Trinajstić information content (AvgIpc) is 2.77. The highest BCUT2D eigenvalue weighted by Crippen LogP contribution is 2.50. The first kappa shape index (κ1) is 11.3. The maximum atomic E-state index is 5.67. The molecule has 1 saturated carbocycles. The Bertz CT molecular complexity index is 248. The van der Waals surface area contributed by atoms with Crippen molar-refractivity contribution in [2.75, 3.05) is 13.1 Å². The molecule has 1 aliphatic carbocycles. The molecular weight excluding hydrogens is 204 g/mol. The van der Waals surface area contributed by atoms with Crippen LogP contribution in [0.1, 0.15) is 45.4 Å². The monoisotopic (exact) mass is 226 g/mol. The first-order chi connectivity index (χ1) is 7.15. The molecule has 2 N–H and O–H groups in total. The van der Waals surface area contributed by atoms with Gasteiger partial charge in [-0.2, -0.15) is 0 Å². The van der Waals surface area contributed by atoms with Crippen molar-refractivity contribution >= 4 is 17.2 Å². The van der Waals surface area contributed by atoms with Crippen molar-refractivity contribution in [3.63, 3.8) is 0 Å². The van der Waals surface area contributed by atoms with Crippen molar-refractivity contribution in [2.45, 2.75) is 51.5 Å². The quantitative estimate of drug-likeness (QED) is 0.730. The molecule has 0 aromatic heterocycles. The average molecular weight is 226 g/mol. The third-order valence-corrected chi connectivity index (χ3v) is 4.16. The number of rotatable bonds is 5. The van der Waals surface area contributed by atoms with Gasteiger partial charge in [0.1, 0.15) is 0 Å². The zero-order valence-corrected chi connectivity index (χ0v) is 10.5. The molecule has 1 unspecified atom stereocenters. The van der Waals surface area contributed by atoms with E-state index < -0.39 is 0 Å². The first-order valence-electron chi connectivity index (χ1n) is 6.17. The van der Waals surface area contributed by atoms with Crippen LogP contribution < -0.4 is 5.73 Å². The van der Waals surface area contributed by atoms with Gasteiger partial charge in [0, 0.05) is 19.0 Å². The molecule has 0 amide bonds. The number of hydrogen-bond acceptors (Lipinski definition) is 2. The SMILES string of the molecule is CCC1CCCN1CC1(CC(N)=S)CC1. The third kappa shape index (κ3) is 2.70. The van der Waals surface area contributed by atoms with E-state index in [1.54, 1.807) is 0 Å². The van der Waals surface area contributed by atoms with Crippen molar-refractivity contribution < 1.29 is 0 Å². The summed E-state index contributed by atoms with van der Waals surface area (Å²) in [7, 11) is 0. The van der Waals surface area contributed by atoms with Crippen LogP contribution in [0.2, 0.25) is 0 Å². The Labute approximate surface area is 98.2 Å². The predicted octanol–water partition coefficient (Wildman–Crippen LogP) is 2.32. The lowest BCUT2D eigenvalue weighted by molar-refractivity contribution is 0.202. The molecule has 2 rings (SSSR count). The lowest BCUT2D eigenvalue weighted by Gasteiger charge is -2.28. The number of likely N-dealkylation sites (tertiary alicyclic amines) is 1. The fourth-order valence-corrected chi connectivity index (χ4v) is 3.24. The van der Waals surface area contributed by atoms with Crippen molar-refractivity contribution in [3.05, 3.63) is 0 Å². The van der Waals surface area contributed by atoms with Crippen molar-refractivity contribution in [1.82, 2.24) is 4.90 Å². The summed E-state index contributed by atoms with van der Waals surface area (Å²) >= 11 is 5.04. The molecule has 1 heterocycles. The van der Waals surface area contributed by atoms with E-state index in [0.29, 0.717) is 10.4 Å². The van der Waals surface area contributed by atoms with Crippen LogP contribution in [-0.4, -0.2) is 29.0 Å². The van der Waals surface area contributed by atoms with E-state index in [1.165, 1.54) is 45.2 Å². The molecule has 0 spiro atoms. The zero-order valence-electron chi connectivity index (χ0n) is 9.67. The van der Waals surface area contributed by atoms with Gasteiger partial charge in [-0.1, -0.05) is 19.1 Å². The number of hydrogen-bond donors (Lipinski definition) is 1. The van der Waals surface area contributed by atoms with Crippen LogP contribution >= 0.6 is 12.2 Å². The number of nitrogens with zero attached hydrogens (tertiary/aromatic N) is 1. The van der Waals surface area contributed by atoms with Crippen molar-refractivity contribution in [2.24, 2.45) is 11.1 Å². The van der Waals surface area contributed by atoms with Gasteiger partial charge in [0.15, 0.2) is 0 Å². The second kappa shape index (κ2) is 4.38. The summed E-state index contributed by atoms with van der Waals surface area (Å²) in [6.07, 6.45) is 7.69. The highest BCUT2D eigenvalue weighted by atomic mass is 32.1. The minimum Gasteiger partial charge on any atom is -0.393 e. The van der Waals surface area contributed by atoms with Gasteiger partial charge in [0.05, 0.1) is 4.99 Å². The molecule has 2 aliphatic rings. The largest absolute Gasteiger partial charge is 0.393 e. The van der Waals surface area contributed by atoms with E-state index >= 15 is 0 Å². The minimum atomic E-state index is 0.476. The van der Waals surface area contributed by atoms with Crippen LogP contribution in [-0.2, 0) is 0 Å². The van der Waals surface area contributed by atoms with Gasteiger partial charge in [0.25, 0.3) is 0 Å². The highest BCUT2D eigenvalue weighted by Gasteiger charge is 2.45. The van der Waals surface area contributed by atoms with Gasteiger partial charge in [-0.15, -0.1) is 0 Å². The molecule has 0 radical (unpaired) electrons. The Kier molecular flexibility index (Phi) is 3.31. The normalized spacial score (nSPS) is 29.3. The third-order valence-electron chi connectivity index (χ3n) is 4.02. The standard InChI is InChI=1S/C12H22N2S/c1-2-10-4-3-7-14(10)9-12(5-6-12)8-11(13)15/h10H,2-9H2,1H3,(H2,13,15). The van der Waals surface area contributed by atoms with Crippen LogP contribution in [0.25, 0.3) is 0 Å². The van der Waals surface area contributed by atoms with E-state index in [2.05, 4.69) is 11.8 Å². The lowest BCUT2D eigenvalue weighted by atomic mass is 10.0. The maximum absolute atomic E-state index is 5.67. The number of nitrogens with two attached hydrogens (primary N) is 1. The maximum Gasteiger partial charge on any atom is 0.0733 e. The molecule has 0 aromatic rings. The summed E-state index contributed by atoms with van der Waals surface area (Å²) in [6, 6.07) is 0.828. The highest BCUT2D eigenvalue weighted by molar-refractivity contribution is 7.80. The van der Waals surface area contributed by atoms with Crippen LogP contribution in [0.3, 0.4) is 0 Å². The molecule has 3 heteroatoms. The summed E-state index contributed by atoms with van der Waals surface area (Å²) < 4.78 is 0. The van der Waals surface area contributed by atoms with Crippen molar-refractivity contribution in [1.29, 1.82) is 0 Å². The Hall–Kier alpha value is -0.150. The zero-order chi connectivity index (χ0) is 10.9. The van der Waals surface area contributed by atoms with Gasteiger partial charge in [-0.3, -0.25) is 4.90 Å². The van der Waals surface area contributed by atoms with Crippen LogP contribution in [0.15, 0.2) is 0 Å². The van der Waals surface area contributed by atoms with E-state index in [4.69, 9.17) is 18.0 Å². The Balaban J connectivity index is 1.88. The summed E-state index contributed by atoms with van der Waals surface area (Å²) in [5, 5.41) is 0. The topological polar surface area (TPSA) is 29.3 Å². The van der Waals surface area contributed by atoms with Crippen LogP contribution in [0.5, 0.6) is 0 Å². The molecule has 1 aliphatic heterocycles. The first-order valence-corrected chi connectivity index (χ1v) is 6.58. The smallest absolute Gasteiger partial charge is 0.0733 e. The second-order valence-electron chi connectivity index (χ2n) is 5.32. The Morgan fingerprint density at radius 2 is 2.27 bits per heavy atom. The van der Waals surface area contributed by atoms with E-state index in [1.807, 2.05) is 0 Å². The summed E-state index contributed by atoms with van der Waals surface area (Å²) in [6.45, 7) is 4.83. The van der Waals surface area contributed by atoms with Crippen LogP contribution in [0.4, 0.5) is 0 Å². The molecule has 1 atom stereocenters. The van der Waals surface area contributed by atoms with E-state index in [9.17, 15) is 0 Å². The minimum absolute atomic E-state index is 0.476. The molecule has 15 heavy (non-hydrogen) atoms. The van der Waals surface area contributed by atoms with Gasteiger partial charge in [-0.05, 0) is 44.1 Å². The summed E-state index contributed by atoms with van der Waals surface area (Å²) in [5.41, 5.74) is 6.15. The van der Waals surface area contributed by atoms with E-state index in [-0.39, 0.29) is 0 Å².